The fourth-order valence-electron chi connectivity index (χ4n) is 5.23. The fourth-order valence-corrected chi connectivity index (χ4v) is 8.41. The first-order chi connectivity index (χ1) is 19.5. The first kappa shape index (κ1) is 29.0. The summed E-state index contributed by atoms with van der Waals surface area (Å²) in [7, 11) is -3.69. The van der Waals surface area contributed by atoms with E-state index in [0.717, 1.165) is 42.9 Å². The number of hydrogen-bond acceptors (Lipinski definition) is 6. The number of nitrogens with zero attached hydrogens (tertiary/aromatic N) is 2. The van der Waals surface area contributed by atoms with Crippen molar-refractivity contribution in [3.05, 3.63) is 88.2 Å². The third-order valence-electron chi connectivity index (χ3n) is 7.48. The number of urea groups is 1. The predicted octanol–water partition coefficient (Wildman–Crippen LogP) is 6.70. The second-order valence-corrected chi connectivity index (χ2v) is 14.4. The molecule has 2 aromatic carbocycles. The maximum absolute atomic E-state index is 14.0. The average molecular weight is 592 g/mol. The van der Waals surface area contributed by atoms with Gasteiger partial charge in [-0.25, -0.2) is 17.9 Å². The van der Waals surface area contributed by atoms with Crippen molar-refractivity contribution in [2.75, 3.05) is 23.7 Å². The second-order valence-electron chi connectivity index (χ2n) is 11.6. The molecule has 3 heterocycles. The monoisotopic (exact) mass is 591 g/mol. The molecule has 1 atom stereocenters. The number of amides is 2. The SMILES string of the molecule is Cc1ccc(-n2nc(C(C)(C)C)cc2NC(=O)Nc2ccccc2C(C2CCNCC2)S(=O)(=O)c2ccsc2)cc1. The van der Waals surface area contributed by atoms with Gasteiger partial charge in [0.15, 0.2) is 9.84 Å². The number of hydrogen-bond donors (Lipinski definition) is 3. The molecule has 1 unspecified atom stereocenters. The largest absolute Gasteiger partial charge is 0.324 e. The number of rotatable bonds is 7. The standard InChI is InChI=1S/C31H37N5O3S2/c1-21-9-11-23(12-10-21)36-28(19-27(35-36)31(2,3)4)34-30(37)33-26-8-6-5-7-25(26)29(22-13-16-32-17-14-22)41(38,39)24-15-18-40-20-24/h5-12,15,18-20,22,29,32H,13-14,16-17H2,1-4H3,(H2,33,34,37). The van der Waals surface area contributed by atoms with Gasteiger partial charge in [0.05, 0.1) is 21.5 Å². The number of thiophene rings is 1. The van der Waals surface area contributed by atoms with Crippen LogP contribution in [-0.4, -0.2) is 37.3 Å². The van der Waals surface area contributed by atoms with Gasteiger partial charge >= 0.3 is 6.03 Å². The molecule has 216 valence electrons. The Morgan fingerprint density at radius 3 is 2.41 bits per heavy atom. The van der Waals surface area contributed by atoms with E-state index in [4.69, 9.17) is 5.10 Å². The molecule has 0 aliphatic carbocycles. The lowest BCUT2D eigenvalue weighted by atomic mass is 9.89. The summed E-state index contributed by atoms with van der Waals surface area (Å²) in [5.41, 5.74) is 3.64. The lowest BCUT2D eigenvalue weighted by Crippen LogP contribution is -2.34. The van der Waals surface area contributed by atoms with Crippen LogP contribution in [0.15, 0.2) is 76.3 Å². The predicted molar refractivity (Wildman–Crippen MR) is 166 cm³/mol. The summed E-state index contributed by atoms with van der Waals surface area (Å²) in [4.78, 5) is 13.8. The highest BCUT2D eigenvalue weighted by molar-refractivity contribution is 7.91. The van der Waals surface area contributed by atoms with E-state index in [0.29, 0.717) is 22.0 Å². The van der Waals surface area contributed by atoms with Gasteiger partial charge in [-0.2, -0.15) is 16.4 Å². The van der Waals surface area contributed by atoms with E-state index in [1.54, 1.807) is 27.6 Å². The van der Waals surface area contributed by atoms with Crippen molar-refractivity contribution >= 4 is 38.7 Å². The topological polar surface area (TPSA) is 105 Å². The minimum atomic E-state index is -3.69. The summed E-state index contributed by atoms with van der Waals surface area (Å²) in [5, 5.41) is 16.8. The number of anilines is 2. The van der Waals surface area contributed by atoms with Gasteiger partial charge < -0.3 is 10.6 Å². The van der Waals surface area contributed by atoms with E-state index in [9.17, 15) is 13.2 Å². The van der Waals surface area contributed by atoms with Crippen molar-refractivity contribution in [1.29, 1.82) is 0 Å². The van der Waals surface area contributed by atoms with Crippen molar-refractivity contribution in [3.63, 3.8) is 0 Å². The zero-order chi connectivity index (χ0) is 29.2. The van der Waals surface area contributed by atoms with Crippen LogP contribution in [-0.2, 0) is 15.3 Å². The van der Waals surface area contributed by atoms with E-state index in [-0.39, 0.29) is 11.3 Å². The maximum atomic E-state index is 14.0. The molecule has 1 aliphatic heterocycles. The Bertz CT molecular complexity index is 1600. The summed E-state index contributed by atoms with van der Waals surface area (Å²) < 4.78 is 29.7. The van der Waals surface area contributed by atoms with E-state index < -0.39 is 21.1 Å². The van der Waals surface area contributed by atoms with Crippen LogP contribution in [0.25, 0.3) is 5.69 Å². The lowest BCUT2D eigenvalue weighted by Gasteiger charge is -2.31. The van der Waals surface area contributed by atoms with Crippen LogP contribution in [0.4, 0.5) is 16.3 Å². The minimum absolute atomic E-state index is 0.0792. The number of piperidine rings is 1. The van der Waals surface area contributed by atoms with Gasteiger partial charge in [0.1, 0.15) is 5.82 Å². The molecule has 3 N–H and O–H groups in total. The fraction of sp³-hybridized carbons (Fsp3) is 0.355. The van der Waals surface area contributed by atoms with Crippen LogP contribution in [0.3, 0.4) is 0 Å². The molecule has 5 rings (SSSR count). The van der Waals surface area contributed by atoms with E-state index in [1.807, 2.05) is 55.5 Å². The van der Waals surface area contributed by atoms with Crippen LogP contribution in [0, 0.1) is 12.8 Å². The quantitative estimate of drug-likeness (QED) is 0.222. The molecule has 2 amide bonds. The lowest BCUT2D eigenvalue weighted by molar-refractivity contribution is 0.262. The van der Waals surface area contributed by atoms with Crippen LogP contribution in [0.1, 0.15) is 55.7 Å². The molecule has 41 heavy (non-hydrogen) atoms. The van der Waals surface area contributed by atoms with Crippen molar-refractivity contribution in [2.45, 2.75) is 56.1 Å². The van der Waals surface area contributed by atoms with Crippen LogP contribution < -0.4 is 16.0 Å². The van der Waals surface area contributed by atoms with Gasteiger partial charge in [-0.1, -0.05) is 56.7 Å². The zero-order valence-electron chi connectivity index (χ0n) is 23.8. The van der Waals surface area contributed by atoms with Gasteiger partial charge in [-0.15, -0.1) is 0 Å². The minimum Gasteiger partial charge on any atom is -0.317 e. The molecule has 1 aliphatic rings. The van der Waals surface area contributed by atoms with E-state index >= 15 is 0 Å². The van der Waals surface area contributed by atoms with Crippen molar-refractivity contribution in [2.24, 2.45) is 5.92 Å². The Morgan fingerprint density at radius 1 is 1.05 bits per heavy atom. The van der Waals surface area contributed by atoms with Gasteiger partial charge in [-0.3, -0.25) is 5.32 Å². The van der Waals surface area contributed by atoms with E-state index in [1.165, 1.54) is 11.3 Å². The third kappa shape index (κ3) is 6.39. The molecule has 4 aromatic rings. The Kier molecular flexibility index (Phi) is 8.35. The molecule has 8 nitrogen and oxygen atoms in total. The number of carbonyl (C=O) groups excluding carboxylic acids is 1. The summed E-state index contributed by atoms with van der Waals surface area (Å²) in [5.74, 6) is 0.444. The second kappa shape index (κ2) is 11.8. The highest BCUT2D eigenvalue weighted by Gasteiger charge is 2.38. The summed E-state index contributed by atoms with van der Waals surface area (Å²) in [6.45, 7) is 9.76. The highest BCUT2D eigenvalue weighted by atomic mass is 32.2. The first-order valence-electron chi connectivity index (χ1n) is 13.9. The number of nitrogens with one attached hydrogen (secondary N) is 3. The molecule has 0 saturated carbocycles. The Balaban J connectivity index is 1.48. The molecule has 0 spiro atoms. The first-order valence-corrected chi connectivity index (χ1v) is 16.3. The molecule has 1 fully saturated rings. The average Bonchev–Trinajstić information content (AvgIpc) is 3.62. The number of carbonyl (C=O) groups is 1. The maximum Gasteiger partial charge on any atom is 0.324 e. The third-order valence-corrected chi connectivity index (χ3v) is 10.5. The van der Waals surface area contributed by atoms with E-state index in [2.05, 4.69) is 36.7 Å². The van der Waals surface area contributed by atoms with Gasteiger partial charge in [0.25, 0.3) is 0 Å². The summed E-state index contributed by atoms with van der Waals surface area (Å²) >= 11 is 1.37. The summed E-state index contributed by atoms with van der Waals surface area (Å²) in [6.07, 6.45) is 1.47. The highest BCUT2D eigenvalue weighted by Crippen LogP contribution is 2.42. The van der Waals surface area contributed by atoms with Crippen molar-refractivity contribution in [1.82, 2.24) is 15.1 Å². The molecule has 0 radical (unpaired) electrons. The Labute approximate surface area is 246 Å². The molecule has 2 aromatic heterocycles. The summed E-state index contributed by atoms with van der Waals surface area (Å²) in [6, 6.07) is 18.2. The van der Waals surface area contributed by atoms with Crippen molar-refractivity contribution < 1.29 is 13.2 Å². The van der Waals surface area contributed by atoms with Gasteiger partial charge in [0, 0.05) is 22.5 Å². The Hall–Kier alpha value is -3.47. The number of aromatic nitrogens is 2. The zero-order valence-corrected chi connectivity index (χ0v) is 25.5. The van der Waals surface area contributed by atoms with Crippen LogP contribution in [0.5, 0.6) is 0 Å². The molecule has 0 bridgehead atoms. The number of aryl methyl sites for hydroxylation is 1. The Morgan fingerprint density at radius 2 is 1.76 bits per heavy atom. The molecule has 10 heteroatoms. The molecular weight excluding hydrogens is 555 g/mol. The van der Waals surface area contributed by atoms with Crippen LogP contribution in [0.2, 0.25) is 0 Å². The van der Waals surface area contributed by atoms with Crippen molar-refractivity contribution in [3.8, 4) is 5.69 Å². The molecular formula is C31H37N5O3S2. The number of sulfone groups is 1. The van der Waals surface area contributed by atoms with Gasteiger partial charge in [-0.05, 0) is 74.0 Å². The van der Waals surface area contributed by atoms with Gasteiger partial charge in [0.2, 0.25) is 0 Å². The van der Waals surface area contributed by atoms with Crippen LogP contribution >= 0.6 is 11.3 Å². The number of para-hydroxylation sites is 1. The smallest absolute Gasteiger partial charge is 0.317 e. The number of benzene rings is 2. The normalized spacial score (nSPS) is 15.4. The molecule has 1 saturated heterocycles.